The summed E-state index contributed by atoms with van der Waals surface area (Å²) in [5.41, 5.74) is 1.47. The average Bonchev–Trinajstić information content (AvgIpc) is 2.64. The van der Waals surface area contributed by atoms with Crippen LogP contribution in [0.2, 0.25) is 0 Å². The highest BCUT2D eigenvalue weighted by atomic mass is 16.5. The van der Waals surface area contributed by atoms with Gasteiger partial charge in [-0.1, -0.05) is 101 Å². The van der Waals surface area contributed by atoms with E-state index in [4.69, 9.17) is 0 Å². The van der Waals surface area contributed by atoms with E-state index in [1.54, 1.807) is 5.06 Å². The molecule has 0 saturated carbocycles. The Labute approximate surface area is 155 Å². The third-order valence-corrected chi connectivity index (χ3v) is 5.87. The molecule has 1 aromatic rings. The number of hydroxylamine groups is 2. The van der Waals surface area contributed by atoms with Gasteiger partial charge in [-0.15, -0.1) is 0 Å². The van der Waals surface area contributed by atoms with E-state index in [-0.39, 0.29) is 0 Å². The number of nitrogens with zero attached hydrogens (tertiary/aromatic N) is 1. The highest BCUT2D eigenvalue weighted by molar-refractivity contribution is 5.21. The number of benzene rings is 1. The van der Waals surface area contributed by atoms with E-state index >= 15 is 0 Å². The molecule has 1 N–H and O–H groups in total. The molecule has 2 nitrogen and oxygen atoms in total. The van der Waals surface area contributed by atoms with Crippen LogP contribution in [0.4, 0.5) is 0 Å². The molecule has 1 aliphatic heterocycles. The molecule has 25 heavy (non-hydrogen) atoms. The zero-order valence-corrected chi connectivity index (χ0v) is 16.3. The van der Waals surface area contributed by atoms with Gasteiger partial charge in [-0.2, -0.15) is 5.06 Å². The van der Waals surface area contributed by atoms with Crippen LogP contribution in [-0.4, -0.2) is 23.4 Å². The maximum atomic E-state index is 9.94. The van der Waals surface area contributed by atoms with Gasteiger partial charge in [-0.05, 0) is 30.2 Å². The van der Waals surface area contributed by atoms with Gasteiger partial charge in [0.15, 0.2) is 0 Å². The molecular weight excluding hydrogens is 306 g/mol. The second-order valence-electron chi connectivity index (χ2n) is 7.95. The molecule has 1 aromatic carbocycles. The summed E-state index contributed by atoms with van der Waals surface area (Å²) in [7, 11) is 0. The molecule has 1 heterocycles. The maximum Gasteiger partial charge on any atom is 0.0272 e. The first-order valence-corrected chi connectivity index (χ1v) is 10.8. The van der Waals surface area contributed by atoms with Crippen LogP contribution in [0.3, 0.4) is 0 Å². The zero-order chi connectivity index (χ0) is 17.7. The highest BCUT2D eigenvalue weighted by Crippen LogP contribution is 2.35. The Balaban J connectivity index is 1.61. The molecule has 1 fully saturated rings. The van der Waals surface area contributed by atoms with Crippen molar-refractivity contribution in [3.8, 4) is 0 Å². The molecule has 0 radical (unpaired) electrons. The van der Waals surface area contributed by atoms with Crippen LogP contribution < -0.4 is 0 Å². The molecule has 2 heteroatoms. The standard InChI is InChI=1S/C23H39NO/c1-2-3-4-5-6-7-8-9-10-12-17-22-20-24(25)19-18-23(22)21-15-13-11-14-16-21/h11,13-16,22-23,25H,2-10,12,17-20H2,1H3/t22-,23+/m0/s1. The van der Waals surface area contributed by atoms with Crippen LogP contribution in [0.1, 0.15) is 95.5 Å². The van der Waals surface area contributed by atoms with E-state index < -0.39 is 0 Å². The van der Waals surface area contributed by atoms with Crippen LogP contribution in [-0.2, 0) is 0 Å². The minimum atomic E-state index is 0.607. The maximum absolute atomic E-state index is 9.94. The smallest absolute Gasteiger partial charge is 0.0272 e. The van der Waals surface area contributed by atoms with Crippen molar-refractivity contribution < 1.29 is 5.21 Å². The van der Waals surface area contributed by atoms with Crippen molar-refractivity contribution in [2.45, 2.75) is 89.9 Å². The second-order valence-corrected chi connectivity index (χ2v) is 7.95. The predicted octanol–water partition coefficient (Wildman–Crippen LogP) is 6.79. The van der Waals surface area contributed by atoms with Gasteiger partial charge in [-0.25, -0.2) is 0 Å². The first-order chi connectivity index (χ1) is 12.3. The van der Waals surface area contributed by atoms with E-state index in [1.165, 1.54) is 76.2 Å². The summed E-state index contributed by atoms with van der Waals surface area (Å²) in [6, 6.07) is 10.9. The average molecular weight is 346 g/mol. The summed E-state index contributed by atoms with van der Waals surface area (Å²) in [6.45, 7) is 3.94. The molecular formula is C23H39NO. The monoisotopic (exact) mass is 345 g/mol. The molecule has 2 atom stereocenters. The SMILES string of the molecule is CCCCCCCCCCCC[C@H]1CN(O)CC[C@@H]1c1ccccc1. The number of hydrogen-bond donors (Lipinski definition) is 1. The van der Waals surface area contributed by atoms with Gasteiger partial charge in [0.05, 0.1) is 0 Å². The Morgan fingerprint density at radius 2 is 1.48 bits per heavy atom. The van der Waals surface area contributed by atoms with Crippen molar-refractivity contribution in [1.29, 1.82) is 0 Å². The molecule has 0 amide bonds. The molecule has 142 valence electrons. The van der Waals surface area contributed by atoms with E-state index in [1.807, 2.05) is 0 Å². The Bertz CT molecular complexity index is 433. The first kappa shape index (κ1) is 20.5. The molecule has 2 rings (SSSR count). The summed E-state index contributed by atoms with van der Waals surface area (Å²) in [5.74, 6) is 1.23. The summed E-state index contributed by atoms with van der Waals surface area (Å²) in [4.78, 5) is 0. The lowest BCUT2D eigenvalue weighted by atomic mass is 9.78. The second kappa shape index (κ2) is 12.5. The summed E-state index contributed by atoms with van der Waals surface area (Å²) < 4.78 is 0. The lowest BCUT2D eigenvalue weighted by Crippen LogP contribution is -2.37. The van der Waals surface area contributed by atoms with Crippen molar-refractivity contribution in [1.82, 2.24) is 5.06 Å². The molecule has 1 saturated heterocycles. The fourth-order valence-corrected chi connectivity index (χ4v) is 4.34. The van der Waals surface area contributed by atoms with Crippen LogP contribution in [0.15, 0.2) is 30.3 Å². The lowest BCUT2D eigenvalue weighted by Gasteiger charge is -2.36. The van der Waals surface area contributed by atoms with Crippen LogP contribution in [0.5, 0.6) is 0 Å². The third kappa shape index (κ3) is 7.92. The molecule has 0 aliphatic carbocycles. The lowest BCUT2D eigenvalue weighted by molar-refractivity contribution is -0.123. The number of hydrogen-bond acceptors (Lipinski definition) is 2. The summed E-state index contributed by atoms with van der Waals surface area (Å²) in [6.07, 6.45) is 16.3. The molecule has 0 unspecified atom stereocenters. The molecule has 0 spiro atoms. The number of rotatable bonds is 12. The van der Waals surface area contributed by atoms with Crippen LogP contribution >= 0.6 is 0 Å². The van der Waals surface area contributed by atoms with E-state index in [9.17, 15) is 5.21 Å². The number of piperidine rings is 1. The summed E-state index contributed by atoms with van der Waals surface area (Å²) >= 11 is 0. The largest absolute Gasteiger partial charge is 0.314 e. The fourth-order valence-electron chi connectivity index (χ4n) is 4.34. The third-order valence-electron chi connectivity index (χ3n) is 5.87. The highest BCUT2D eigenvalue weighted by Gasteiger charge is 2.29. The predicted molar refractivity (Wildman–Crippen MR) is 107 cm³/mol. The quantitative estimate of drug-likeness (QED) is 0.421. The van der Waals surface area contributed by atoms with Crippen molar-refractivity contribution >= 4 is 0 Å². The normalized spacial score (nSPS) is 21.5. The van der Waals surface area contributed by atoms with Gasteiger partial charge in [0.1, 0.15) is 0 Å². The molecule has 0 aromatic heterocycles. The topological polar surface area (TPSA) is 23.5 Å². The minimum Gasteiger partial charge on any atom is -0.314 e. The van der Waals surface area contributed by atoms with Crippen LogP contribution in [0, 0.1) is 5.92 Å². The minimum absolute atomic E-state index is 0.607. The van der Waals surface area contributed by atoms with Gasteiger partial charge in [-0.3, -0.25) is 0 Å². The Morgan fingerprint density at radius 1 is 0.880 bits per heavy atom. The fraction of sp³-hybridized carbons (Fsp3) is 0.739. The zero-order valence-electron chi connectivity index (χ0n) is 16.3. The molecule has 0 bridgehead atoms. The van der Waals surface area contributed by atoms with Crippen molar-refractivity contribution in [2.24, 2.45) is 5.92 Å². The van der Waals surface area contributed by atoms with Gasteiger partial charge >= 0.3 is 0 Å². The summed E-state index contributed by atoms with van der Waals surface area (Å²) in [5, 5.41) is 11.5. The van der Waals surface area contributed by atoms with Gasteiger partial charge in [0.25, 0.3) is 0 Å². The van der Waals surface area contributed by atoms with E-state index in [0.29, 0.717) is 11.8 Å². The van der Waals surface area contributed by atoms with Gasteiger partial charge < -0.3 is 5.21 Å². The number of unbranched alkanes of at least 4 members (excludes halogenated alkanes) is 9. The van der Waals surface area contributed by atoms with Crippen molar-refractivity contribution in [2.75, 3.05) is 13.1 Å². The van der Waals surface area contributed by atoms with Crippen molar-refractivity contribution in [3.05, 3.63) is 35.9 Å². The Morgan fingerprint density at radius 3 is 2.12 bits per heavy atom. The Kier molecular flexibility index (Phi) is 10.2. The van der Waals surface area contributed by atoms with E-state index in [2.05, 4.69) is 37.3 Å². The van der Waals surface area contributed by atoms with E-state index in [0.717, 1.165) is 19.5 Å². The Hall–Kier alpha value is -0.860. The van der Waals surface area contributed by atoms with Crippen LogP contribution in [0.25, 0.3) is 0 Å². The first-order valence-electron chi connectivity index (χ1n) is 10.8. The van der Waals surface area contributed by atoms with Crippen molar-refractivity contribution in [3.63, 3.8) is 0 Å². The van der Waals surface area contributed by atoms with Gasteiger partial charge in [0, 0.05) is 13.1 Å². The van der Waals surface area contributed by atoms with Gasteiger partial charge in [0.2, 0.25) is 0 Å². The molecule has 1 aliphatic rings.